The van der Waals surface area contributed by atoms with Gasteiger partial charge in [-0.2, -0.15) is 0 Å². The first-order valence-electron chi connectivity index (χ1n) is 4.17. The van der Waals surface area contributed by atoms with Gasteiger partial charge in [-0.25, -0.2) is 4.79 Å². The van der Waals surface area contributed by atoms with Crippen LogP contribution in [0.3, 0.4) is 0 Å². The van der Waals surface area contributed by atoms with Crippen molar-refractivity contribution < 1.29 is 18.4 Å². The standard InChI is InChI=1S/C9H10O4.Al.2H/c1-6(9(11)12)13-8-4-2-7(10)3-5-8;;;/h2-6,10H,1H3,(H,11,12);;;/q;+1;;/p-1. The Balaban J connectivity index is 2.64. The lowest BCUT2D eigenvalue weighted by molar-refractivity contribution is -0.144. The lowest BCUT2D eigenvalue weighted by Gasteiger charge is -2.10. The quantitative estimate of drug-likeness (QED) is 0.734. The van der Waals surface area contributed by atoms with Crippen LogP contribution in [0, 0.1) is 0 Å². The van der Waals surface area contributed by atoms with Crippen LogP contribution < -0.4 is 8.53 Å². The molecule has 0 radical (unpaired) electrons. The van der Waals surface area contributed by atoms with Gasteiger partial charge in [-0.05, 0) is 31.2 Å². The van der Waals surface area contributed by atoms with E-state index < -0.39 is 12.1 Å². The van der Waals surface area contributed by atoms with Crippen LogP contribution in [-0.4, -0.2) is 33.8 Å². The third-order valence-electron chi connectivity index (χ3n) is 1.72. The highest BCUT2D eigenvalue weighted by Crippen LogP contribution is 2.17. The molecule has 0 aliphatic rings. The maximum absolute atomic E-state index is 10.5. The molecule has 1 rings (SSSR count). The number of hydrogen-bond acceptors (Lipinski definition) is 3. The van der Waals surface area contributed by atoms with Crippen molar-refractivity contribution in [1.82, 2.24) is 0 Å². The van der Waals surface area contributed by atoms with Crippen LogP contribution in [-0.2, 0) is 4.79 Å². The maximum atomic E-state index is 10.5. The molecule has 0 saturated carbocycles. The van der Waals surface area contributed by atoms with Crippen LogP contribution in [0.25, 0.3) is 0 Å². The number of aliphatic carboxylic acids is 1. The molecular formula is C9H11AlO4. The fraction of sp³-hybridized carbons (Fsp3) is 0.222. The molecule has 0 fully saturated rings. The topological polar surface area (TPSA) is 55.8 Å². The number of rotatable bonds is 4. The molecule has 1 atom stereocenters. The second kappa shape index (κ2) is 4.89. The predicted octanol–water partition coefficient (Wildman–Crippen LogP) is 0.465. The van der Waals surface area contributed by atoms with Crippen molar-refractivity contribution in [2.75, 3.05) is 0 Å². The first-order chi connectivity index (χ1) is 6.63. The molecule has 0 heterocycles. The Morgan fingerprint density at radius 3 is 2.29 bits per heavy atom. The largest absolute Gasteiger partial charge is 0.647 e. The van der Waals surface area contributed by atoms with Gasteiger partial charge in [0, 0.05) is 0 Å². The van der Waals surface area contributed by atoms with E-state index in [9.17, 15) is 4.79 Å². The van der Waals surface area contributed by atoms with Gasteiger partial charge in [0.2, 0.25) is 0 Å². The number of hydrogen-bond donors (Lipinski definition) is 1. The molecule has 1 aromatic carbocycles. The summed E-state index contributed by atoms with van der Waals surface area (Å²) >= 11 is 0.635. The zero-order valence-corrected chi connectivity index (χ0v) is 10.1. The van der Waals surface area contributed by atoms with Gasteiger partial charge in [0.15, 0.2) is 6.10 Å². The summed E-state index contributed by atoms with van der Waals surface area (Å²) in [4.78, 5) is 10.5. The van der Waals surface area contributed by atoms with Gasteiger partial charge in [0.05, 0.1) is 5.75 Å². The minimum absolute atomic E-state index is 0.530. The van der Waals surface area contributed by atoms with Crippen molar-refractivity contribution >= 4 is 22.6 Å². The molecular weight excluding hydrogens is 199 g/mol. The van der Waals surface area contributed by atoms with Crippen LogP contribution in [0.4, 0.5) is 0 Å². The summed E-state index contributed by atoms with van der Waals surface area (Å²) in [5, 5.41) is 8.60. The number of carboxylic acids is 1. The second-order valence-electron chi connectivity index (χ2n) is 2.77. The highest BCUT2D eigenvalue weighted by atomic mass is 27.1. The lowest BCUT2D eigenvalue weighted by atomic mass is 10.3. The van der Waals surface area contributed by atoms with Crippen LogP contribution >= 0.6 is 0 Å². The van der Waals surface area contributed by atoms with E-state index in [1.165, 1.54) is 6.92 Å². The highest BCUT2D eigenvalue weighted by molar-refractivity contribution is 5.99. The van der Waals surface area contributed by atoms with E-state index in [4.69, 9.17) is 13.6 Å². The Bertz CT molecular complexity index is 309. The predicted molar refractivity (Wildman–Crippen MR) is 53.3 cm³/mol. The SMILES string of the molecule is CC(Oc1ccc([O][AlH2])cc1)C(=O)O. The van der Waals surface area contributed by atoms with E-state index in [1.54, 1.807) is 24.3 Å². The van der Waals surface area contributed by atoms with E-state index in [1.807, 2.05) is 0 Å². The maximum Gasteiger partial charge on any atom is 0.496 e. The molecule has 0 aliphatic heterocycles. The van der Waals surface area contributed by atoms with Gasteiger partial charge in [-0.3, -0.25) is 0 Å². The van der Waals surface area contributed by atoms with Crippen molar-refractivity contribution in [2.45, 2.75) is 13.0 Å². The second-order valence-corrected chi connectivity index (χ2v) is 3.18. The van der Waals surface area contributed by atoms with Crippen molar-refractivity contribution in [2.24, 2.45) is 0 Å². The fourth-order valence-corrected chi connectivity index (χ4v) is 1.18. The summed E-state index contributed by atoms with van der Waals surface area (Å²) in [5.74, 6) is 0.322. The Morgan fingerprint density at radius 1 is 1.36 bits per heavy atom. The summed E-state index contributed by atoms with van der Waals surface area (Å²) in [6, 6.07) is 6.87. The van der Waals surface area contributed by atoms with E-state index in [0.717, 1.165) is 5.75 Å². The van der Waals surface area contributed by atoms with Crippen molar-refractivity contribution in [1.29, 1.82) is 0 Å². The first-order valence-corrected chi connectivity index (χ1v) is 4.98. The molecule has 14 heavy (non-hydrogen) atoms. The van der Waals surface area contributed by atoms with Gasteiger partial charge < -0.3 is 13.6 Å². The van der Waals surface area contributed by atoms with Gasteiger partial charge >= 0.3 is 22.6 Å². The fourth-order valence-electron chi connectivity index (χ4n) is 0.909. The molecule has 0 bridgehead atoms. The smallest absolute Gasteiger partial charge is 0.496 e. The summed E-state index contributed by atoms with van der Waals surface area (Å²) in [7, 11) is 0. The van der Waals surface area contributed by atoms with Crippen molar-refractivity contribution in [3.05, 3.63) is 24.3 Å². The van der Waals surface area contributed by atoms with Crippen LogP contribution in [0.15, 0.2) is 24.3 Å². The zero-order chi connectivity index (χ0) is 10.6. The lowest BCUT2D eigenvalue weighted by Crippen LogP contribution is -2.22. The van der Waals surface area contributed by atoms with E-state index in [0.29, 0.717) is 22.4 Å². The molecule has 1 aromatic rings. The molecule has 0 spiro atoms. The van der Waals surface area contributed by atoms with Gasteiger partial charge in [-0.15, -0.1) is 0 Å². The minimum Gasteiger partial charge on any atom is -0.647 e. The van der Waals surface area contributed by atoms with E-state index in [-0.39, 0.29) is 0 Å². The number of carbonyl (C=O) groups is 1. The zero-order valence-electron chi connectivity index (χ0n) is 8.06. The Morgan fingerprint density at radius 2 is 1.86 bits per heavy atom. The normalized spacial score (nSPS) is 11.8. The van der Waals surface area contributed by atoms with Crippen LogP contribution in [0.2, 0.25) is 0 Å². The minimum atomic E-state index is -0.978. The highest BCUT2D eigenvalue weighted by Gasteiger charge is 2.11. The van der Waals surface area contributed by atoms with Gasteiger partial charge in [0.1, 0.15) is 5.75 Å². The number of benzene rings is 1. The summed E-state index contributed by atoms with van der Waals surface area (Å²) in [6.07, 6.45) is -0.835. The van der Waals surface area contributed by atoms with Crippen molar-refractivity contribution in [3.63, 3.8) is 0 Å². The molecule has 0 amide bonds. The summed E-state index contributed by atoms with van der Waals surface area (Å²) < 4.78 is 10.2. The molecule has 1 N–H and O–H groups in total. The van der Waals surface area contributed by atoms with Crippen LogP contribution in [0.1, 0.15) is 6.92 Å². The third kappa shape index (κ3) is 2.95. The number of ether oxygens (including phenoxy) is 1. The van der Waals surface area contributed by atoms with Gasteiger partial charge in [0.25, 0.3) is 0 Å². The first kappa shape index (κ1) is 10.9. The average Bonchev–Trinajstić information content (AvgIpc) is 2.19. The molecule has 74 valence electrons. The summed E-state index contributed by atoms with van der Waals surface area (Å²) in [6.45, 7) is 1.49. The monoisotopic (exact) mass is 210 g/mol. The number of carboxylic acid groups (broad SMARTS) is 1. The Kier molecular flexibility index (Phi) is 3.81. The molecule has 1 unspecified atom stereocenters. The third-order valence-corrected chi connectivity index (χ3v) is 2.19. The molecule has 0 saturated heterocycles. The van der Waals surface area contributed by atoms with Crippen LogP contribution in [0.5, 0.6) is 11.5 Å². The average molecular weight is 210 g/mol. The Labute approximate surface area is 90.2 Å². The molecule has 0 aliphatic carbocycles. The van der Waals surface area contributed by atoms with Gasteiger partial charge in [-0.1, -0.05) is 0 Å². The van der Waals surface area contributed by atoms with E-state index in [2.05, 4.69) is 0 Å². The van der Waals surface area contributed by atoms with Crippen molar-refractivity contribution in [3.8, 4) is 11.5 Å². The van der Waals surface area contributed by atoms with E-state index >= 15 is 0 Å². The Hall–Kier alpha value is -1.18. The molecule has 4 nitrogen and oxygen atoms in total. The molecule has 0 aromatic heterocycles. The molecule has 5 heteroatoms. The summed E-state index contributed by atoms with van der Waals surface area (Å²) in [5.41, 5.74) is 0.